The molecule has 0 saturated heterocycles. The highest BCUT2D eigenvalue weighted by Gasteiger charge is 2.42. The predicted molar refractivity (Wildman–Crippen MR) is 157 cm³/mol. The number of hydrogen-bond donors (Lipinski definition) is 4. The Kier molecular flexibility index (Phi) is 13.4. The zero-order chi connectivity index (χ0) is 30.7. The quantitative estimate of drug-likeness (QED) is 0.216. The van der Waals surface area contributed by atoms with Crippen molar-refractivity contribution in [1.82, 2.24) is 15.5 Å². The van der Waals surface area contributed by atoms with Crippen LogP contribution in [-0.4, -0.2) is 77.3 Å². The van der Waals surface area contributed by atoms with Gasteiger partial charge < -0.3 is 39.5 Å². The van der Waals surface area contributed by atoms with Gasteiger partial charge in [-0.2, -0.15) is 0 Å². The molecule has 0 radical (unpaired) electrons. The van der Waals surface area contributed by atoms with Gasteiger partial charge in [0, 0.05) is 23.6 Å². The number of amides is 3. The second-order valence-electron chi connectivity index (χ2n) is 10.6. The van der Waals surface area contributed by atoms with Crippen LogP contribution in [0.25, 0.3) is 0 Å². The second-order valence-corrected chi connectivity index (χ2v) is 13.2. The van der Waals surface area contributed by atoms with Crippen LogP contribution in [0.4, 0.5) is 4.79 Å². The van der Waals surface area contributed by atoms with Crippen LogP contribution in [0, 0.1) is 5.92 Å². The van der Waals surface area contributed by atoms with Crippen LogP contribution in [0.1, 0.15) is 70.8 Å². The van der Waals surface area contributed by atoms with Gasteiger partial charge in [-0.3, -0.25) is 14.2 Å². The zero-order valence-electron chi connectivity index (χ0n) is 24.3. The maximum absolute atomic E-state index is 13.5. The molecule has 42 heavy (non-hydrogen) atoms. The van der Waals surface area contributed by atoms with Gasteiger partial charge in [-0.25, -0.2) is 4.79 Å². The van der Waals surface area contributed by atoms with Gasteiger partial charge in [0.2, 0.25) is 11.8 Å². The number of nitrogens with one attached hydrogen (secondary N) is 2. The molecule has 1 saturated carbocycles. The van der Waals surface area contributed by atoms with Crippen LogP contribution in [0.3, 0.4) is 0 Å². The Labute approximate surface area is 251 Å². The Morgan fingerprint density at radius 2 is 1.83 bits per heavy atom. The summed E-state index contributed by atoms with van der Waals surface area (Å²) in [6.07, 6.45) is 3.65. The molecule has 3 rings (SSSR count). The van der Waals surface area contributed by atoms with Gasteiger partial charge in [-0.05, 0) is 50.8 Å². The largest absolute Gasteiger partial charge is 0.491 e. The number of carbonyl (C=O) groups is 3. The molecule has 1 aliphatic heterocycles. The number of fused-ring (bicyclic) bond motifs is 1. The molecule has 12 nitrogen and oxygen atoms in total. The van der Waals surface area contributed by atoms with Crippen LogP contribution in [0.2, 0.25) is 5.02 Å². The van der Waals surface area contributed by atoms with E-state index in [1.807, 2.05) is 0 Å². The smallest absolute Gasteiger partial charge is 0.405 e. The summed E-state index contributed by atoms with van der Waals surface area (Å²) >= 11 is 6.14. The summed E-state index contributed by atoms with van der Waals surface area (Å²) < 4.78 is 29.9. The lowest BCUT2D eigenvalue weighted by Crippen LogP contribution is -2.53. The van der Waals surface area contributed by atoms with Gasteiger partial charge in [0.1, 0.15) is 18.4 Å². The average molecular weight is 632 g/mol. The molecule has 4 N–H and O–H groups in total. The number of benzene rings is 1. The van der Waals surface area contributed by atoms with Gasteiger partial charge in [-0.15, -0.1) is 0 Å². The molecule has 1 aliphatic carbocycles. The third-order valence-corrected chi connectivity index (χ3v) is 10.0. The van der Waals surface area contributed by atoms with Crippen LogP contribution < -0.4 is 15.4 Å². The van der Waals surface area contributed by atoms with Crippen molar-refractivity contribution in [2.45, 2.75) is 89.7 Å². The minimum absolute atomic E-state index is 0.0193. The highest BCUT2D eigenvalue weighted by Crippen LogP contribution is 2.53. The summed E-state index contributed by atoms with van der Waals surface area (Å²) in [6, 6.07) is 2.89. The molecule has 0 bridgehead atoms. The number of halogens is 1. The molecule has 0 spiro atoms. The first kappa shape index (κ1) is 34.1. The van der Waals surface area contributed by atoms with Gasteiger partial charge >= 0.3 is 13.7 Å². The topological polar surface area (TPSA) is 164 Å². The van der Waals surface area contributed by atoms with E-state index in [1.165, 1.54) is 0 Å². The van der Waals surface area contributed by atoms with Gasteiger partial charge in [0.05, 0.1) is 25.8 Å². The molecule has 1 aromatic rings. The fourth-order valence-corrected chi connectivity index (χ4v) is 7.46. The van der Waals surface area contributed by atoms with Crippen molar-refractivity contribution in [1.29, 1.82) is 0 Å². The first-order valence-corrected chi connectivity index (χ1v) is 16.6. The molecule has 1 aromatic carbocycles. The number of aliphatic hydroxyl groups excluding tert-OH is 1. The normalized spacial score (nSPS) is 18.1. The van der Waals surface area contributed by atoms with Crippen LogP contribution in [-0.2, 0) is 29.7 Å². The van der Waals surface area contributed by atoms with E-state index < -0.39 is 37.5 Å². The lowest BCUT2D eigenvalue weighted by Gasteiger charge is -2.32. The van der Waals surface area contributed by atoms with Crippen LogP contribution >= 0.6 is 19.2 Å². The molecule has 1 fully saturated rings. The number of ether oxygens (including phenoxy) is 1. The minimum Gasteiger partial charge on any atom is -0.491 e. The Morgan fingerprint density at radius 3 is 2.48 bits per heavy atom. The van der Waals surface area contributed by atoms with Crippen molar-refractivity contribution in [3.63, 3.8) is 0 Å². The van der Waals surface area contributed by atoms with E-state index in [1.54, 1.807) is 36.9 Å². The molecule has 3 atom stereocenters. The summed E-state index contributed by atoms with van der Waals surface area (Å²) in [5.41, 5.74) is 0.751. The average Bonchev–Trinajstić information content (AvgIpc) is 3.17. The number of aliphatic hydroxyl groups is 1. The number of carboxylic acid groups (broad SMARTS) is 1. The maximum atomic E-state index is 13.5. The third-order valence-electron chi connectivity index (χ3n) is 7.56. The molecule has 1 heterocycles. The monoisotopic (exact) mass is 631 g/mol. The predicted octanol–water partition coefficient (Wildman–Crippen LogP) is 4.52. The lowest BCUT2D eigenvalue weighted by atomic mass is 9.84. The van der Waals surface area contributed by atoms with Gasteiger partial charge in [0.15, 0.2) is 5.85 Å². The standard InChI is InChI=1S/C28H43ClN3O9P/c1-3-40-42(38,41-4-2)27(35)22(30-26(34)23(31-28(36)37)16-19-8-6-5-7-9-19)11-13-25(33)32-14-15-39-24-12-10-21(29)17-20(24)18-32/h10,12,17,19,22-23,27,31,35H,3-9,11,13-16,18H2,1-2H3,(H,30,34)(H,36,37). The van der Waals surface area contributed by atoms with E-state index in [-0.39, 0.29) is 51.0 Å². The summed E-state index contributed by atoms with van der Waals surface area (Å²) in [6.45, 7) is 4.00. The van der Waals surface area contributed by atoms with Gasteiger partial charge in [0.25, 0.3) is 0 Å². The van der Waals surface area contributed by atoms with E-state index in [9.17, 15) is 29.2 Å². The molecule has 14 heteroatoms. The Hall–Kier alpha value is -2.37. The van der Waals surface area contributed by atoms with Crippen LogP contribution in [0.15, 0.2) is 18.2 Å². The highest BCUT2D eigenvalue weighted by atomic mass is 35.5. The fraction of sp³-hybridized carbons (Fsp3) is 0.679. The molecule has 3 amide bonds. The lowest BCUT2D eigenvalue weighted by molar-refractivity contribution is -0.132. The van der Waals surface area contributed by atoms with Crippen molar-refractivity contribution in [3.05, 3.63) is 28.8 Å². The first-order valence-electron chi connectivity index (χ1n) is 14.6. The van der Waals surface area contributed by atoms with Crippen molar-refractivity contribution < 1.29 is 42.9 Å². The third kappa shape index (κ3) is 9.84. The summed E-state index contributed by atoms with van der Waals surface area (Å²) in [5.74, 6) is -1.93. The summed E-state index contributed by atoms with van der Waals surface area (Å²) in [4.78, 5) is 39.9. The van der Waals surface area contributed by atoms with Crippen molar-refractivity contribution in [3.8, 4) is 5.75 Å². The molecule has 3 unspecified atom stereocenters. The first-order chi connectivity index (χ1) is 20.1. The number of carbonyl (C=O) groups excluding carboxylic acids is 2. The summed E-state index contributed by atoms with van der Waals surface area (Å²) in [5, 5.41) is 26.1. The Bertz CT molecular complexity index is 1110. The van der Waals surface area contributed by atoms with E-state index in [4.69, 9.17) is 25.4 Å². The Morgan fingerprint density at radius 1 is 1.14 bits per heavy atom. The van der Waals surface area contributed by atoms with Crippen molar-refractivity contribution in [2.75, 3.05) is 26.4 Å². The molecule has 2 aliphatic rings. The maximum Gasteiger partial charge on any atom is 0.405 e. The SMILES string of the molecule is CCOP(=O)(OCC)C(O)C(CCC(=O)N1CCOc2ccc(Cl)cc2C1)NC(=O)C(CC1CCCCC1)NC(=O)O. The molecular formula is C28H43ClN3O9P. The minimum atomic E-state index is -4.12. The molecular weight excluding hydrogens is 589 g/mol. The van der Waals surface area contributed by atoms with Gasteiger partial charge in [-0.1, -0.05) is 43.7 Å². The van der Waals surface area contributed by atoms with E-state index in [2.05, 4.69) is 10.6 Å². The Balaban J connectivity index is 1.77. The summed E-state index contributed by atoms with van der Waals surface area (Å²) in [7, 11) is -4.12. The van der Waals surface area contributed by atoms with E-state index in [0.717, 1.165) is 37.7 Å². The highest BCUT2D eigenvalue weighted by molar-refractivity contribution is 7.54. The van der Waals surface area contributed by atoms with Crippen molar-refractivity contribution >= 4 is 37.1 Å². The van der Waals surface area contributed by atoms with Crippen LogP contribution in [0.5, 0.6) is 5.75 Å². The zero-order valence-corrected chi connectivity index (χ0v) is 25.9. The van der Waals surface area contributed by atoms with E-state index >= 15 is 0 Å². The van der Waals surface area contributed by atoms with Crippen molar-refractivity contribution in [2.24, 2.45) is 5.92 Å². The number of nitrogens with zero attached hydrogens (tertiary/aromatic N) is 1. The molecule has 236 valence electrons. The number of hydrogen-bond acceptors (Lipinski definition) is 8. The molecule has 0 aromatic heterocycles. The van der Waals surface area contributed by atoms with E-state index in [0.29, 0.717) is 23.7 Å². The fourth-order valence-electron chi connectivity index (χ4n) is 5.50. The number of rotatable bonds is 14. The second kappa shape index (κ2) is 16.5.